The van der Waals surface area contributed by atoms with Crippen molar-refractivity contribution in [3.63, 3.8) is 0 Å². The second kappa shape index (κ2) is 9.96. The van der Waals surface area contributed by atoms with Crippen LogP contribution in [0.25, 0.3) is 6.08 Å². The molecule has 0 N–H and O–H groups in total. The van der Waals surface area contributed by atoms with Gasteiger partial charge >= 0.3 is 5.97 Å². The molecule has 1 aromatic rings. The fourth-order valence-electron chi connectivity index (χ4n) is 2.62. The molecule has 0 unspecified atom stereocenters. The fraction of sp³-hybridized carbons (Fsp3) is 0.474. The molecule has 0 aliphatic carbocycles. The number of ether oxygens (including phenoxy) is 2. The summed E-state index contributed by atoms with van der Waals surface area (Å²) < 4.78 is 10.0. The topological polar surface area (TPSA) is 59.1 Å². The summed E-state index contributed by atoms with van der Waals surface area (Å²) in [4.78, 5) is 27.9. The normalized spacial score (nSPS) is 15.3. The molecule has 1 fully saturated rings. The quantitative estimate of drug-likeness (QED) is 0.551. The Labute approximate surface area is 149 Å². The third kappa shape index (κ3) is 6.68. The molecule has 1 saturated heterocycles. The molecule has 25 heavy (non-hydrogen) atoms. The van der Waals surface area contributed by atoms with Gasteiger partial charge in [0.25, 0.3) is 0 Å². The maximum absolute atomic E-state index is 12.5. The first-order valence-electron chi connectivity index (χ1n) is 8.49. The lowest BCUT2D eigenvalue weighted by atomic mass is 10.1. The molecule has 0 atom stereocenters. The molecule has 0 radical (unpaired) electrons. The maximum atomic E-state index is 12.5. The number of nitrogens with zero attached hydrogens (tertiary/aromatic N) is 2. The highest BCUT2D eigenvalue weighted by molar-refractivity contribution is 5.93. The average molecular weight is 346 g/mol. The zero-order valence-corrected chi connectivity index (χ0v) is 14.9. The van der Waals surface area contributed by atoms with Crippen LogP contribution in [0.3, 0.4) is 0 Å². The van der Waals surface area contributed by atoms with E-state index in [9.17, 15) is 9.59 Å². The van der Waals surface area contributed by atoms with Gasteiger partial charge in [0.15, 0.2) is 0 Å². The number of morpholine rings is 1. The second-order valence-electron chi connectivity index (χ2n) is 6.04. The Kier molecular flexibility index (Phi) is 7.63. The van der Waals surface area contributed by atoms with Crippen molar-refractivity contribution >= 4 is 18.0 Å². The summed E-state index contributed by atoms with van der Waals surface area (Å²) in [6.45, 7) is 6.26. The Morgan fingerprint density at radius 1 is 1.32 bits per heavy atom. The maximum Gasteiger partial charge on any atom is 0.325 e. The molecule has 1 amide bonds. The van der Waals surface area contributed by atoms with Crippen LogP contribution in [-0.2, 0) is 19.1 Å². The Bertz CT molecular complexity index is 609. The third-order valence-electron chi connectivity index (χ3n) is 4.11. The first-order valence-corrected chi connectivity index (χ1v) is 8.49. The van der Waals surface area contributed by atoms with Crippen LogP contribution in [0.2, 0.25) is 0 Å². The van der Waals surface area contributed by atoms with E-state index in [0.717, 1.165) is 24.2 Å². The van der Waals surface area contributed by atoms with E-state index in [-0.39, 0.29) is 12.5 Å². The van der Waals surface area contributed by atoms with Crippen molar-refractivity contribution in [1.82, 2.24) is 9.80 Å². The number of carbonyl (C=O) groups excluding carboxylic acids is 2. The third-order valence-corrected chi connectivity index (χ3v) is 4.11. The molecular weight excluding hydrogens is 320 g/mol. The summed E-state index contributed by atoms with van der Waals surface area (Å²) in [5.41, 5.74) is 2.09. The van der Waals surface area contributed by atoms with Crippen LogP contribution < -0.4 is 0 Å². The molecule has 0 spiro atoms. The lowest BCUT2D eigenvalue weighted by Crippen LogP contribution is -2.44. The van der Waals surface area contributed by atoms with Gasteiger partial charge in [-0.25, -0.2) is 0 Å². The number of benzene rings is 1. The number of amides is 1. The molecule has 2 rings (SSSR count). The average Bonchev–Trinajstić information content (AvgIpc) is 2.63. The lowest BCUT2D eigenvalue weighted by molar-refractivity contribution is -0.145. The van der Waals surface area contributed by atoms with Crippen molar-refractivity contribution < 1.29 is 19.1 Å². The number of methoxy groups -OCH3 is 1. The predicted octanol–water partition coefficient (Wildman–Crippen LogP) is 1.34. The van der Waals surface area contributed by atoms with Crippen LogP contribution >= 0.6 is 0 Å². The van der Waals surface area contributed by atoms with Crippen molar-refractivity contribution in [3.05, 3.63) is 41.5 Å². The van der Waals surface area contributed by atoms with E-state index in [1.807, 2.05) is 31.2 Å². The van der Waals surface area contributed by atoms with E-state index in [4.69, 9.17) is 9.47 Å². The minimum absolute atomic E-state index is 0.0438. The number of carbonyl (C=O) groups is 2. The molecule has 0 aromatic heterocycles. The standard InChI is InChI=1S/C19H26N2O4/c1-16-4-3-5-17(14-16)6-7-18(22)21(15-19(23)24-2)9-8-20-10-12-25-13-11-20/h3-7,14H,8-13,15H2,1-2H3/b7-6+. The number of rotatable bonds is 7. The van der Waals surface area contributed by atoms with Gasteiger partial charge in [0.2, 0.25) is 5.91 Å². The summed E-state index contributed by atoms with van der Waals surface area (Å²) in [7, 11) is 1.33. The molecule has 1 aliphatic heterocycles. The van der Waals surface area contributed by atoms with E-state index in [0.29, 0.717) is 26.3 Å². The Morgan fingerprint density at radius 3 is 2.76 bits per heavy atom. The highest BCUT2D eigenvalue weighted by Crippen LogP contribution is 2.07. The van der Waals surface area contributed by atoms with Crippen LogP contribution in [0.4, 0.5) is 0 Å². The Hall–Kier alpha value is -2.18. The van der Waals surface area contributed by atoms with Gasteiger partial charge < -0.3 is 14.4 Å². The van der Waals surface area contributed by atoms with Crippen molar-refractivity contribution in [2.45, 2.75) is 6.92 Å². The molecule has 1 aromatic carbocycles. The highest BCUT2D eigenvalue weighted by Gasteiger charge is 2.18. The SMILES string of the molecule is COC(=O)CN(CCN1CCOCC1)C(=O)/C=C/c1cccc(C)c1. The van der Waals surface area contributed by atoms with Gasteiger partial charge in [0, 0.05) is 32.3 Å². The predicted molar refractivity (Wildman–Crippen MR) is 96.1 cm³/mol. The molecule has 6 heteroatoms. The van der Waals surface area contributed by atoms with Gasteiger partial charge in [-0.15, -0.1) is 0 Å². The van der Waals surface area contributed by atoms with Gasteiger partial charge in [-0.05, 0) is 18.6 Å². The zero-order valence-electron chi connectivity index (χ0n) is 14.9. The van der Waals surface area contributed by atoms with Crippen molar-refractivity contribution in [2.24, 2.45) is 0 Å². The van der Waals surface area contributed by atoms with E-state index < -0.39 is 5.97 Å². The Morgan fingerprint density at radius 2 is 2.08 bits per heavy atom. The van der Waals surface area contributed by atoms with Gasteiger partial charge in [-0.1, -0.05) is 29.8 Å². The largest absolute Gasteiger partial charge is 0.468 e. The van der Waals surface area contributed by atoms with Crippen LogP contribution in [-0.4, -0.2) is 74.7 Å². The molecule has 0 saturated carbocycles. The van der Waals surface area contributed by atoms with Gasteiger partial charge in [-0.3, -0.25) is 14.5 Å². The molecule has 1 heterocycles. The van der Waals surface area contributed by atoms with Crippen molar-refractivity contribution in [1.29, 1.82) is 0 Å². The van der Waals surface area contributed by atoms with Crippen molar-refractivity contribution in [2.75, 3.05) is 53.0 Å². The van der Waals surface area contributed by atoms with E-state index in [1.165, 1.54) is 18.1 Å². The number of hydrogen-bond donors (Lipinski definition) is 0. The lowest BCUT2D eigenvalue weighted by Gasteiger charge is -2.29. The fourth-order valence-corrected chi connectivity index (χ4v) is 2.62. The second-order valence-corrected chi connectivity index (χ2v) is 6.04. The summed E-state index contributed by atoms with van der Waals surface area (Å²) in [6.07, 6.45) is 3.28. The van der Waals surface area contributed by atoms with E-state index in [2.05, 4.69) is 4.90 Å². The zero-order chi connectivity index (χ0) is 18.1. The Balaban J connectivity index is 1.97. The van der Waals surface area contributed by atoms with Gasteiger partial charge in [0.05, 0.1) is 20.3 Å². The molecule has 0 bridgehead atoms. The number of hydrogen-bond acceptors (Lipinski definition) is 5. The van der Waals surface area contributed by atoms with Crippen LogP contribution in [0.1, 0.15) is 11.1 Å². The summed E-state index contributed by atoms with van der Waals surface area (Å²) >= 11 is 0. The number of esters is 1. The first kappa shape index (κ1) is 19.1. The minimum atomic E-state index is -0.417. The molecule has 1 aliphatic rings. The molecule has 136 valence electrons. The monoisotopic (exact) mass is 346 g/mol. The smallest absolute Gasteiger partial charge is 0.325 e. The van der Waals surface area contributed by atoms with Crippen LogP contribution in [0, 0.1) is 6.92 Å². The van der Waals surface area contributed by atoms with Crippen molar-refractivity contribution in [3.8, 4) is 0 Å². The summed E-state index contributed by atoms with van der Waals surface area (Å²) in [6, 6.07) is 7.90. The molecule has 6 nitrogen and oxygen atoms in total. The summed E-state index contributed by atoms with van der Waals surface area (Å²) in [5.74, 6) is -0.612. The summed E-state index contributed by atoms with van der Waals surface area (Å²) in [5, 5.41) is 0. The minimum Gasteiger partial charge on any atom is -0.468 e. The van der Waals surface area contributed by atoms with Crippen LogP contribution in [0.5, 0.6) is 0 Å². The first-order chi connectivity index (χ1) is 12.1. The van der Waals surface area contributed by atoms with Gasteiger partial charge in [-0.2, -0.15) is 0 Å². The highest BCUT2D eigenvalue weighted by atomic mass is 16.5. The van der Waals surface area contributed by atoms with Crippen LogP contribution in [0.15, 0.2) is 30.3 Å². The van der Waals surface area contributed by atoms with E-state index in [1.54, 1.807) is 6.08 Å². The van der Waals surface area contributed by atoms with E-state index >= 15 is 0 Å². The molecular formula is C19H26N2O4. The van der Waals surface area contributed by atoms with Gasteiger partial charge in [0.1, 0.15) is 6.54 Å². The number of aryl methyl sites for hydroxylation is 1.